The van der Waals surface area contributed by atoms with Crippen molar-refractivity contribution in [2.45, 2.75) is 53.5 Å². The van der Waals surface area contributed by atoms with Crippen molar-refractivity contribution in [2.24, 2.45) is 5.92 Å². The lowest BCUT2D eigenvalue weighted by atomic mass is 10.2. The van der Waals surface area contributed by atoms with Crippen LogP contribution in [0.1, 0.15) is 58.5 Å². The van der Waals surface area contributed by atoms with Crippen molar-refractivity contribution in [3.8, 4) is 0 Å². The molecule has 4 nitrogen and oxygen atoms in total. The van der Waals surface area contributed by atoms with E-state index in [-0.39, 0.29) is 0 Å². The molecule has 0 bridgehead atoms. The number of hydrogen-bond acceptors (Lipinski definition) is 4. The van der Waals surface area contributed by atoms with E-state index in [1.165, 1.54) is 0 Å². The van der Waals surface area contributed by atoms with Crippen LogP contribution in [-0.2, 0) is 6.54 Å². The summed E-state index contributed by atoms with van der Waals surface area (Å²) in [7, 11) is 0. The molecule has 0 aromatic carbocycles. The van der Waals surface area contributed by atoms with Crippen LogP contribution in [0.5, 0.6) is 0 Å². The zero-order chi connectivity index (χ0) is 14.3. The summed E-state index contributed by atoms with van der Waals surface area (Å²) in [6.07, 6.45) is 3.02. The van der Waals surface area contributed by atoms with Crippen molar-refractivity contribution in [2.75, 3.05) is 18.4 Å². The first-order valence-electron chi connectivity index (χ1n) is 7.35. The molecular weight excluding hydrogens is 236 g/mol. The van der Waals surface area contributed by atoms with Gasteiger partial charge in [-0.05, 0) is 18.9 Å². The minimum Gasteiger partial charge on any atom is -0.382 e. The molecule has 1 rings (SSSR count). The third-order valence-electron chi connectivity index (χ3n) is 2.81. The van der Waals surface area contributed by atoms with Crippen LogP contribution in [0.4, 0.5) is 5.69 Å². The molecule has 0 atom stereocenters. The molecule has 0 fully saturated rings. The minimum atomic E-state index is 0.365. The minimum absolute atomic E-state index is 0.365. The largest absolute Gasteiger partial charge is 0.382 e. The summed E-state index contributed by atoms with van der Waals surface area (Å²) in [5.41, 5.74) is 2.13. The molecule has 0 saturated heterocycles. The van der Waals surface area contributed by atoms with Crippen molar-refractivity contribution in [3.05, 3.63) is 17.7 Å². The second kappa shape index (κ2) is 8.10. The standard InChI is InChI=1S/C15H28N4/c1-6-7-17-13-10-18-15(12(4)5)19-14(13)9-16-8-11(2)3/h10-12,16-17H,6-9H2,1-5H3. The van der Waals surface area contributed by atoms with Crippen molar-refractivity contribution in [3.63, 3.8) is 0 Å². The van der Waals surface area contributed by atoms with Crippen LogP contribution < -0.4 is 10.6 Å². The van der Waals surface area contributed by atoms with Crippen molar-refractivity contribution in [1.82, 2.24) is 15.3 Å². The normalized spacial score (nSPS) is 11.3. The number of hydrogen-bond donors (Lipinski definition) is 2. The van der Waals surface area contributed by atoms with E-state index < -0.39 is 0 Å². The Morgan fingerprint density at radius 3 is 2.53 bits per heavy atom. The maximum Gasteiger partial charge on any atom is 0.131 e. The molecule has 0 spiro atoms. The predicted molar refractivity (Wildman–Crippen MR) is 81.4 cm³/mol. The van der Waals surface area contributed by atoms with Gasteiger partial charge in [0.1, 0.15) is 5.82 Å². The molecule has 0 aliphatic heterocycles. The lowest BCUT2D eigenvalue weighted by Crippen LogP contribution is -2.21. The molecule has 4 heteroatoms. The van der Waals surface area contributed by atoms with Gasteiger partial charge in [-0.1, -0.05) is 34.6 Å². The lowest BCUT2D eigenvalue weighted by molar-refractivity contribution is 0.546. The van der Waals surface area contributed by atoms with E-state index in [0.717, 1.165) is 43.3 Å². The highest BCUT2D eigenvalue weighted by molar-refractivity contribution is 5.46. The summed E-state index contributed by atoms with van der Waals surface area (Å²) in [6, 6.07) is 0. The van der Waals surface area contributed by atoms with Gasteiger partial charge in [0.25, 0.3) is 0 Å². The summed E-state index contributed by atoms with van der Waals surface area (Å²) >= 11 is 0. The Balaban J connectivity index is 2.78. The first-order valence-corrected chi connectivity index (χ1v) is 7.35. The molecule has 0 amide bonds. The van der Waals surface area contributed by atoms with E-state index >= 15 is 0 Å². The highest BCUT2D eigenvalue weighted by Gasteiger charge is 2.09. The molecule has 0 radical (unpaired) electrons. The Morgan fingerprint density at radius 1 is 1.21 bits per heavy atom. The van der Waals surface area contributed by atoms with Gasteiger partial charge in [0.2, 0.25) is 0 Å². The second-order valence-electron chi connectivity index (χ2n) is 5.69. The first kappa shape index (κ1) is 15.9. The molecular formula is C15H28N4. The molecule has 1 aromatic heterocycles. The summed E-state index contributed by atoms with van der Waals surface area (Å²) in [5, 5.41) is 6.86. The average Bonchev–Trinajstić information content (AvgIpc) is 2.36. The van der Waals surface area contributed by atoms with Crippen LogP contribution in [0.2, 0.25) is 0 Å². The average molecular weight is 264 g/mol. The SMILES string of the molecule is CCCNc1cnc(C(C)C)nc1CNCC(C)C. The molecule has 0 unspecified atom stereocenters. The molecule has 108 valence electrons. The van der Waals surface area contributed by atoms with E-state index in [4.69, 9.17) is 0 Å². The summed E-state index contributed by atoms with van der Waals surface area (Å²) < 4.78 is 0. The Morgan fingerprint density at radius 2 is 1.95 bits per heavy atom. The van der Waals surface area contributed by atoms with E-state index in [9.17, 15) is 0 Å². The fraction of sp³-hybridized carbons (Fsp3) is 0.733. The third kappa shape index (κ3) is 5.55. The van der Waals surface area contributed by atoms with Crippen LogP contribution in [0.3, 0.4) is 0 Å². The molecule has 2 N–H and O–H groups in total. The van der Waals surface area contributed by atoms with Gasteiger partial charge in [-0.25, -0.2) is 9.97 Å². The van der Waals surface area contributed by atoms with E-state index in [2.05, 4.69) is 55.2 Å². The number of nitrogens with one attached hydrogen (secondary N) is 2. The topological polar surface area (TPSA) is 49.8 Å². The van der Waals surface area contributed by atoms with Crippen molar-refractivity contribution >= 4 is 5.69 Å². The molecule has 0 aliphatic rings. The van der Waals surface area contributed by atoms with Crippen LogP contribution in [0.25, 0.3) is 0 Å². The molecule has 1 aromatic rings. The zero-order valence-corrected chi connectivity index (χ0v) is 13.0. The van der Waals surface area contributed by atoms with Gasteiger partial charge < -0.3 is 10.6 Å². The van der Waals surface area contributed by atoms with Crippen LogP contribution in [0.15, 0.2) is 6.20 Å². The van der Waals surface area contributed by atoms with E-state index in [1.807, 2.05) is 6.20 Å². The number of anilines is 1. The van der Waals surface area contributed by atoms with Gasteiger partial charge in [0.05, 0.1) is 17.6 Å². The highest BCUT2D eigenvalue weighted by atomic mass is 15.0. The van der Waals surface area contributed by atoms with Crippen LogP contribution in [-0.4, -0.2) is 23.1 Å². The van der Waals surface area contributed by atoms with Gasteiger partial charge in [0.15, 0.2) is 0 Å². The Bertz CT molecular complexity index is 374. The van der Waals surface area contributed by atoms with E-state index in [1.54, 1.807) is 0 Å². The van der Waals surface area contributed by atoms with Crippen molar-refractivity contribution in [1.29, 1.82) is 0 Å². The maximum atomic E-state index is 4.69. The quantitative estimate of drug-likeness (QED) is 0.757. The Hall–Kier alpha value is -1.16. The fourth-order valence-electron chi connectivity index (χ4n) is 1.73. The van der Waals surface area contributed by atoms with Crippen molar-refractivity contribution < 1.29 is 0 Å². The maximum absolute atomic E-state index is 4.69. The molecule has 1 heterocycles. The number of nitrogens with zero attached hydrogens (tertiary/aromatic N) is 2. The Labute approximate surface area is 117 Å². The predicted octanol–water partition coefficient (Wildman–Crippen LogP) is 3.17. The fourth-order valence-corrected chi connectivity index (χ4v) is 1.73. The first-order chi connectivity index (χ1) is 9.04. The van der Waals surface area contributed by atoms with Gasteiger partial charge in [-0.3, -0.25) is 0 Å². The van der Waals surface area contributed by atoms with Crippen LogP contribution >= 0.6 is 0 Å². The highest BCUT2D eigenvalue weighted by Crippen LogP contribution is 2.16. The van der Waals surface area contributed by atoms with Gasteiger partial charge >= 0.3 is 0 Å². The number of aromatic nitrogens is 2. The Kier molecular flexibility index (Phi) is 6.78. The number of rotatable bonds is 8. The zero-order valence-electron chi connectivity index (χ0n) is 13.0. The lowest BCUT2D eigenvalue weighted by Gasteiger charge is -2.14. The van der Waals surface area contributed by atoms with Gasteiger partial charge in [-0.15, -0.1) is 0 Å². The van der Waals surface area contributed by atoms with Gasteiger partial charge in [0, 0.05) is 19.0 Å². The smallest absolute Gasteiger partial charge is 0.131 e. The summed E-state index contributed by atoms with van der Waals surface area (Å²) in [5.74, 6) is 1.94. The molecule has 0 saturated carbocycles. The monoisotopic (exact) mass is 264 g/mol. The van der Waals surface area contributed by atoms with E-state index in [0.29, 0.717) is 11.8 Å². The van der Waals surface area contributed by atoms with Crippen LogP contribution in [0, 0.1) is 5.92 Å². The third-order valence-corrected chi connectivity index (χ3v) is 2.81. The summed E-state index contributed by atoms with van der Waals surface area (Å²) in [6.45, 7) is 13.6. The van der Waals surface area contributed by atoms with Gasteiger partial charge in [-0.2, -0.15) is 0 Å². The molecule has 0 aliphatic carbocycles. The summed E-state index contributed by atoms with van der Waals surface area (Å²) in [4.78, 5) is 9.12. The molecule has 19 heavy (non-hydrogen) atoms. The second-order valence-corrected chi connectivity index (χ2v) is 5.69.